The van der Waals surface area contributed by atoms with Crippen LogP contribution in [-0.4, -0.2) is 6.10 Å². The van der Waals surface area contributed by atoms with Crippen LogP contribution < -0.4 is 23.7 Å². The maximum Gasteiger partial charge on any atom is 0.162 e. The van der Waals surface area contributed by atoms with Crippen LogP contribution in [0.4, 0.5) is 0 Å². The second-order valence-electron chi connectivity index (χ2n) is 13.8. The highest BCUT2D eigenvalue weighted by atomic mass is 16.5. The van der Waals surface area contributed by atoms with Gasteiger partial charge in [0.1, 0.15) is 49.8 Å². The van der Waals surface area contributed by atoms with E-state index >= 15 is 0 Å². The molecular formula is C50H44O6. The number of hydrogen-bond donors (Lipinski definition) is 0. The van der Waals surface area contributed by atoms with E-state index in [0.29, 0.717) is 68.2 Å². The van der Waals surface area contributed by atoms with Crippen LogP contribution in [0.3, 0.4) is 0 Å². The minimum Gasteiger partial charge on any atom is -0.489 e. The van der Waals surface area contributed by atoms with Crippen molar-refractivity contribution in [2.75, 3.05) is 0 Å². The Balaban J connectivity index is 1.13. The number of hydrogen-bond acceptors (Lipinski definition) is 6. The molecule has 0 bridgehead atoms. The smallest absolute Gasteiger partial charge is 0.162 e. The van der Waals surface area contributed by atoms with E-state index in [2.05, 4.69) is 60.7 Å². The predicted octanol–water partition coefficient (Wildman–Crippen LogP) is 11.3. The normalized spacial score (nSPS) is 14.6. The van der Waals surface area contributed by atoms with Gasteiger partial charge in [-0.05, 0) is 45.5 Å². The van der Waals surface area contributed by atoms with Gasteiger partial charge in [-0.15, -0.1) is 0 Å². The first-order valence-corrected chi connectivity index (χ1v) is 19.0. The van der Waals surface area contributed by atoms with E-state index in [1.54, 1.807) is 0 Å². The molecule has 0 amide bonds. The molecule has 1 aliphatic heterocycles. The average molecular weight is 741 g/mol. The summed E-state index contributed by atoms with van der Waals surface area (Å²) in [6.45, 7) is 2.04. The second kappa shape index (κ2) is 18.2. The van der Waals surface area contributed by atoms with Crippen molar-refractivity contribution in [3.8, 4) is 28.7 Å². The van der Waals surface area contributed by atoms with Gasteiger partial charge in [-0.1, -0.05) is 158 Å². The first-order valence-electron chi connectivity index (χ1n) is 19.0. The summed E-state index contributed by atoms with van der Waals surface area (Å²) in [4.78, 5) is 0. The van der Waals surface area contributed by atoms with Crippen LogP contribution >= 0.6 is 0 Å². The van der Waals surface area contributed by atoms with Crippen molar-refractivity contribution in [1.29, 1.82) is 0 Å². The quantitative estimate of drug-likeness (QED) is 0.0983. The van der Waals surface area contributed by atoms with Crippen LogP contribution in [0.2, 0.25) is 0 Å². The molecule has 7 aromatic carbocycles. The third-order valence-electron chi connectivity index (χ3n) is 9.70. The minimum atomic E-state index is -0.472. The first kappa shape index (κ1) is 36.5. The van der Waals surface area contributed by atoms with Crippen molar-refractivity contribution >= 4 is 0 Å². The molecule has 6 heteroatoms. The van der Waals surface area contributed by atoms with Crippen LogP contribution in [0.15, 0.2) is 182 Å². The SMILES string of the molecule is c1ccc(COc2cc(OCc3ccccc3)c3c(c2)OC(c2ccc(OCc4ccccc4)c(OCc4ccccc4)c2)C(OCc2ccccc2)C3)cc1. The van der Waals surface area contributed by atoms with Crippen molar-refractivity contribution in [2.24, 2.45) is 0 Å². The Morgan fingerprint density at radius 3 is 1.38 bits per heavy atom. The van der Waals surface area contributed by atoms with E-state index in [1.165, 1.54) is 0 Å². The lowest BCUT2D eigenvalue weighted by atomic mass is 9.93. The van der Waals surface area contributed by atoms with Gasteiger partial charge in [-0.2, -0.15) is 0 Å². The van der Waals surface area contributed by atoms with Gasteiger partial charge in [-0.25, -0.2) is 0 Å². The molecule has 0 fully saturated rings. The van der Waals surface area contributed by atoms with Crippen LogP contribution in [-0.2, 0) is 44.2 Å². The molecule has 0 radical (unpaired) electrons. The predicted molar refractivity (Wildman–Crippen MR) is 218 cm³/mol. The molecule has 0 aliphatic carbocycles. The molecule has 6 nitrogen and oxygen atoms in total. The van der Waals surface area contributed by atoms with Crippen LogP contribution in [0.5, 0.6) is 28.7 Å². The summed E-state index contributed by atoms with van der Waals surface area (Å²) in [5.41, 5.74) is 7.20. The molecule has 1 heterocycles. The molecule has 2 atom stereocenters. The number of rotatable bonds is 16. The fourth-order valence-electron chi connectivity index (χ4n) is 6.72. The van der Waals surface area contributed by atoms with Gasteiger partial charge in [0, 0.05) is 24.1 Å². The van der Waals surface area contributed by atoms with Crippen molar-refractivity contribution in [1.82, 2.24) is 0 Å². The Hall–Kier alpha value is -6.50. The van der Waals surface area contributed by atoms with Gasteiger partial charge in [0.05, 0.1) is 6.61 Å². The third kappa shape index (κ3) is 9.59. The zero-order chi connectivity index (χ0) is 37.8. The van der Waals surface area contributed by atoms with Crippen molar-refractivity contribution in [3.63, 3.8) is 0 Å². The highest BCUT2D eigenvalue weighted by Crippen LogP contribution is 2.45. The van der Waals surface area contributed by atoms with Gasteiger partial charge >= 0.3 is 0 Å². The Bertz CT molecular complexity index is 2260. The van der Waals surface area contributed by atoms with Gasteiger partial charge in [-0.3, -0.25) is 0 Å². The molecular weight excluding hydrogens is 697 g/mol. The molecule has 0 saturated carbocycles. The minimum absolute atomic E-state index is 0.351. The lowest BCUT2D eigenvalue weighted by Gasteiger charge is -2.35. The Kier molecular flexibility index (Phi) is 11.9. The Labute approximate surface area is 328 Å². The van der Waals surface area contributed by atoms with E-state index in [9.17, 15) is 0 Å². The lowest BCUT2D eigenvalue weighted by molar-refractivity contribution is -0.0468. The summed E-state index contributed by atoms with van der Waals surface area (Å²) in [6.07, 6.45) is -0.265. The summed E-state index contributed by atoms with van der Waals surface area (Å²) < 4.78 is 39.6. The molecule has 0 N–H and O–H groups in total. The largest absolute Gasteiger partial charge is 0.489 e. The van der Waals surface area contributed by atoms with Crippen LogP contribution in [0.25, 0.3) is 0 Å². The molecule has 280 valence electrons. The third-order valence-corrected chi connectivity index (χ3v) is 9.70. The summed E-state index contributed by atoms with van der Waals surface area (Å²) >= 11 is 0. The zero-order valence-electron chi connectivity index (χ0n) is 31.2. The first-order chi connectivity index (χ1) is 27.7. The monoisotopic (exact) mass is 740 g/mol. The van der Waals surface area contributed by atoms with Gasteiger partial charge in [0.25, 0.3) is 0 Å². The van der Waals surface area contributed by atoms with Crippen LogP contribution in [0.1, 0.15) is 45.0 Å². The fraction of sp³-hybridized carbons (Fsp3) is 0.160. The average Bonchev–Trinajstić information content (AvgIpc) is 3.27. The number of benzene rings is 7. The maximum absolute atomic E-state index is 7.01. The molecule has 0 saturated heterocycles. The summed E-state index contributed by atoms with van der Waals surface area (Å²) in [6, 6.07) is 60.8. The van der Waals surface area contributed by atoms with E-state index in [-0.39, 0.29) is 6.10 Å². The van der Waals surface area contributed by atoms with E-state index in [4.69, 9.17) is 28.4 Å². The maximum atomic E-state index is 7.01. The number of ether oxygens (including phenoxy) is 6. The molecule has 0 spiro atoms. The Morgan fingerprint density at radius 1 is 0.411 bits per heavy atom. The van der Waals surface area contributed by atoms with E-state index in [0.717, 1.165) is 38.9 Å². The molecule has 0 aromatic heterocycles. The summed E-state index contributed by atoms with van der Waals surface area (Å²) in [7, 11) is 0. The highest BCUT2D eigenvalue weighted by Gasteiger charge is 2.35. The molecule has 56 heavy (non-hydrogen) atoms. The summed E-state index contributed by atoms with van der Waals surface area (Å²) in [5.74, 6) is 3.34. The topological polar surface area (TPSA) is 55.4 Å². The molecule has 8 rings (SSSR count). The molecule has 1 aliphatic rings. The van der Waals surface area contributed by atoms with Gasteiger partial charge in [0.2, 0.25) is 0 Å². The number of fused-ring (bicyclic) bond motifs is 1. The zero-order valence-corrected chi connectivity index (χ0v) is 31.2. The van der Waals surface area contributed by atoms with Crippen LogP contribution in [0, 0.1) is 0 Å². The van der Waals surface area contributed by atoms with Gasteiger partial charge in [0.15, 0.2) is 17.6 Å². The van der Waals surface area contributed by atoms with E-state index < -0.39 is 6.10 Å². The highest BCUT2D eigenvalue weighted by molar-refractivity contribution is 5.53. The van der Waals surface area contributed by atoms with Crippen molar-refractivity contribution in [3.05, 3.63) is 221 Å². The lowest BCUT2D eigenvalue weighted by Crippen LogP contribution is -2.33. The molecule has 7 aromatic rings. The van der Waals surface area contributed by atoms with Crippen molar-refractivity contribution < 1.29 is 28.4 Å². The Morgan fingerprint density at radius 2 is 0.857 bits per heavy atom. The van der Waals surface area contributed by atoms with E-state index in [1.807, 2.05) is 121 Å². The second-order valence-corrected chi connectivity index (χ2v) is 13.8. The summed E-state index contributed by atoms with van der Waals surface area (Å²) in [5, 5.41) is 0. The fourth-order valence-corrected chi connectivity index (χ4v) is 6.72. The standard InChI is InChI=1S/C50H44O6/c1-6-16-37(17-7-1)32-51-43-29-46(53-34-39-20-10-3-11-21-39)44-31-49(55-36-41-24-14-5-15-25-41)50(56-47(44)30-43)42-26-27-45(52-33-38-18-8-2-9-19-38)48(28-42)54-35-40-22-12-4-13-23-40/h1-30,49-50H,31-36H2. The molecule has 2 unspecified atom stereocenters. The van der Waals surface area contributed by atoms with Gasteiger partial charge < -0.3 is 28.4 Å². The van der Waals surface area contributed by atoms with Crippen molar-refractivity contribution in [2.45, 2.75) is 51.7 Å².